The number of halogens is 1. The van der Waals surface area contributed by atoms with E-state index in [0.717, 1.165) is 34.4 Å². The molecule has 0 aliphatic carbocycles. The molecule has 3 nitrogen and oxygen atoms in total. The van der Waals surface area contributed by atoms with Crippen LogP contribution in [0, 0.1) is 0 Å². The lowest BCUT2D eigenvalue weighted by Gasteiger charge is -2.18. The van der Waals surface area contributed by atoms with Crippen molar-refractivity contribution in [3.63, 3.8) is 0 Å². The van der Waals surface area contributed by atoms with E-state index in [1.165, 1.54) is 5.57 Å². The molecule has 0 aliphatic rings. The highest BCUT2D eigenvalue weighted by Gasteiger charge is 2.16. The quantitative estimate of drug-likeness (QED) is 0.502. The number of phenols is 1. The molecule has 3 rings (SSSR count). The van der Waals surface area contributed by atoms with Gasteiger partial charge in [-0.25, -0.2) is 0 Å². The first-order valence-corrected chi connectivity index (χ1v) is 9.72. The van der Waals surface area contributed by atoms with Gasteiger partial charge >= 0.3 is 0 Å². The molecule has 0 amide bonds. The van der Waals surface area contributed by atoms with E-state index < -0.39 is 0 Å². The Morgan fingerprint density at radius 2 is 1.68 bits per heavy atom. The van der Waals surface area contributed by atoms with Crippen LogP contribution in [0.4, 0.5) is 0 Å². The van der Waals surface area contributed by atoms with E-state index in [-0.39, 0.29) is 5.75 Å². The van der Waals surface area contributed by atoms with Crippen LogP contribution in [0.2, 0.25) is 5.02 Å². The zero-order valence-corrected chi connectivity index (χ0v) is 16.6. The average molecular weight is 394 g/mol. The molecule has 0 aromatic heterocycles. The second-order valence-electron chi connectivity index (χ2n) is 6.40. The maximum atomic E-state index is 9.79. The smallest absolute Gasteiger partial charge is 0.119 e. The molecule has 0 radical (unpaired) electrons. The van der Waals surface area contributed by atoms with Gasteiger partial charge in [0.15, 0.2) is 0 Å². The van der Waals surface area contributed by atoms with Gasteiger partial charge in [-0.3, -0.25) is 0 Å². The van der Waals surface area contributed by atoms with Crippen LogP contribution in [0.3, 0.4) is 0 Å². The molecule has 3 N–H and O–H groups in total. The van der Waals surface area contributed by atoms with Crippen LogP contribution in [0.1, 0.15) is 30.0 Å². The summed E-state index contributed by atoms with van der Waals surface area (Å²) in [5.74, 6) is 0.930. The van der Waals surface area contributed by atoms with Gasteiger partial charge in [-0.15, -0.1) is 0 Å². The molecule has 0 aliphatic heterocycles. The van der Waals surface area contributed by atoms with Gasteiger partial charge in [0.25, 0.3) is 0 Å². The van der Waals surface area contributed by atoms with Crippen molar-refractivity contribution in [3.8, 4) is 11.5 Å². The van der Waals surface area contributed by atoms with Gasteiger partial charge in [-0.05, 0) is 59.0 Å². The Morgan fingerprint density at radius 3 is 2.29 bits per heavy atom. The molecule has 0 fully saturated rings. The van der Waals surface area contributed by atoms with E-state index in [1.807, 2.05) is 48.5 Å². The maximum absolute atomic E-state index is 9.79. The van der Waals surface area contributed by atoms with E-state index in [1.54, 1.807) is 12.1 Å². The Balaban J connectivity index is 2.18. The van der Waals surface area contributed by atoms with Crippen LogP contribution in [-0.4, -0.2) is 18.3 Å². The van der Waals surface area contributed by atoms with Gasteiger partial charge in [-0.2, -0.15) is 0 Å². The van der Waals surface area contributed by atoms with Crippen LogP contribution >= 0.6 is 11.6 Å². The minimum Gasteiger partial charge on any atom is -0.508 e. The molecule has 0 spiro atoms. The largest absolute Gasteiger partial charge is 0.508 e. The zero-order chi connectivity index (χ0) is 19.9. The number of nitrogens with two attached hydrogens (primary N) is 1. The van der Waals surface area contributed by atoms with Crippen molar-refractivity contribution in [3.05, 3.63) is 94.5 Å². The number of ether oxygens (including phenoxy) is 1. The molecule has 144 valence electrons. The van der Waals surface area contributed by atoms with Crippen LogP contribution in [-0.2, 0) is 0 Å². The van der Waals surface area contributed by atoms with E-state index in [9.17, 15) is 5.11 Å². The minimum absolute atomic E-state index is 0.149. The topological polar surface area (TPSA) is 55.5 Å². The monoisotopic (exact) mass is 393 g/mol. The fourth-order valence-electron chi connectivity index (χ4n) is 3.26. The van der Waals surface area contributed by atoms with E-state index in [2.05, 4.69) is 19.1 Å². The van der Waals surface area contributed by atoms with Gasteiger partial charge in [0.05, 0.1) is 5.02 Å². The molecule has 4 heteroatoms. The summed E-state index contributed by atoms with van der Waals surface area (Å²) in [5.41, 5.74) is 10.8. The molecule has 28 heavy (non-hydrogen) atoms. The van der Waals surface area contributed by atoms with Crippen molar-refractivity contribution in [2.24, 2.45) is 5.73 Å². The van der Waals surface area contributed by atoms with Gasteiger partial charge in [0, 0.05) is 12.1 Å². The Labute approximate surface area is 171 Å². The van der Waals surface area contributed by atoms with E-state index in [0.29, 0.717) is 18.2 Å². The predicted octanol–water partition coefficient (Wildman–Crippen LogP) is 5.75. The molecular formula is C24H24ClNO2. The highest BCUT2D eigenvalue weighted by atomic mass is 35.5. The molecule has 0 saturated heterocycles. The van der Waals surface area contributed by atoms with Crippen molar-refractivity contribution in [1.29, 1.82) is 0 Å². The lowest BCUT2D eigenvalue weighted by molar-refractivity contribution is 0.328. The molecule has 0 heterocycles. The van der Waals surface area contributed by atoms with Crippen LogP contribution < -0.4 is 10.5 Å². The van der Waals surface area contributed by atoms with Gasteiger partial charge < -0.3 is 15.6 Å². The highest BCUT2D eigenvalue weighted by molar-refractivity contribution is 6.33. The summed E-state index contributed by atoms with van der Waals surface area (Å²) >= 11 is 6.53. The summed E-state index contributed by atoms with van der Waals surface area (Å²) in [5, 5.41) is 10.3. The number of hydrogen-bond donors (Lipinski definition) is 2. The first-order valence-electron chi connectivity index (χ1n) is 9.34. The normalized spacial score (nSPS) is 11.8. The summed E-state index contributed by atoms with van der Waals surface area (Å²) in [6.07, 6.45) is 0.835. The number of allylic oxidation sites excluding steroid dienone is 1. The Morgan fingerprint density at radius 1 is 0.964 bits per heavy atom. The predicted molar refractivity (Wildman–Crippen MR) is 117 cm³/mol. The zero-order valence-electron chi connectivity index (χ0n) is 15.9. The molecule has 0 saturated carbocycles. The van der Waals surface area contributed by atoms with E-state index in [4.69, 9.17) is 22.1 Å². The Bertz CT molecular complexity index is 950. The number of benzene rings is 3. The van der Waals surface area contributed by atoms with Crippen LogP contribution in [0.15, 0.2) is 72.8 Å². The lowest BCUT2D eigenvalue weighted by Crippen LogP contribution is -2.10. The first-order chi connectivity index (χ1) is 13.6. The molecule has 0 bridgehead atoms. The summed E-state index contributed by atoms with van der Waals surface area (Å²) in [6, 6.07) is 23.3. The van der Waals surface area contributed by atoms with Crippen LogP contribution in [0.25, 0.3) is 11.1 Å². The summed E-state index contributed by atoms with van der Waals surface area (Å²) in [4.78, 5) is 0. The van der Waals surface area contributed by atoms with Crippen molar-refractivity contribution in [2.75, 3.05) is 13.2 Å². The second kappa shape index (κ2) is 9.45. The lowest BCUT2D eigenvalue weighted by atomic mass is 9.88. The molecule has 3 aromatic carbocycles. The third-order valence-corrected chi connectivity index (χ3v) is 4.84. The van der Waals surface area contributed by atoms with Crippen LogP contribution in [0.5, 0.6) is 11.5 Å². The third-order valence-electron chi connectivity index (χ3n) is 4.53. The standard InChI is InChI=1S/C24H24ClNO2/c1-2-21(17-6-4-3-5-7-17)24(22-13-10-19(27)16-23(22)25)18-8-11-20(12-9-18)28-15-14-26/h3-13,16,27H,2,14-15,26H2,1H3. The number of hydrogen-bond acceptors (Lipinski definition) is 3. The fraction of sp³-hybridized carbons (Fsp3) is 0.167. The third kappa shape index (κ3) is 4.56. The fourth-order valence-corrected chi connectivity index (χ4v) is 3.53. The summed E-state index contributed by atoms with van der Waals surface area (Å²) in [7, 11) is 0. The van der Waals surface area contributed by atoms with Crippen molar-refractivity contribution in [2.45, 2.75) is 13.3 Å². The SMILES string of the molecule is CCC(=C(c1ccc(OCCN)cc1)c1ccc(O)cc1Cl)c1ccccc1. The maximum Gasteiger partial charge on any atom is 0.119 e. The number of aromatic hydroxyl groups is 1. The van der Waals surface area contributed by atoms with Crippen molar-refractivity contribution >= 4 is 22.7 Å². The average Bonchev–Trinajstić information content (AvgIpc) is 2.72. The number of rotatable bonds is 7. The number of phenolic OH excluding ortho intramolecular Hbond substituents is 1. The molecule has 0 atom stereocenters. The summed E-state index contributed by atoms with van der Waals surface area (Å²) in [6.45, 7) is 3.09. The Hall–Kier alpha value is -2.75. The van der Waals surface area contributed by atoms with Crippen molar-refractivity contribution in [1.82, 2.24) is 0 Å². The highest BCUT2D eigenvalue weighted by Crippen LogP contribution is 2.38. The minimum atomic E-state index is 0.149. The summed E-state index contributed by atoms with van der Waals surface area (Å²) < 4.78 is 5.61. The van der Waals surface area contributed by atoms with Gasteiger partial charge in [0.2, 0.25) is 0 Å². The molecule has 0 unspecified atom stereocenters. The van der Waals surface area contributed by atoms with Crippen molar-refractivity contribution < 1.29 is 9.84 Å². The first kappa shape index (κ1) is 20.0. The Kier molecular flexibility index (Phi) is 6.75. The van der Waals surface area contributed by atoms with E-state index >= 15 is 0 Å². The van der Waals surface area contributed by atoms with Gasteiger partial charge in [-0.1, -0.05) is 61.0 Å². The molecular weight excluding hydrogens is 370 g/mol. The van der Waals surface area contributed by atoms with Gasteiger partial charge in [0.1, 0.15) is 18.1 Å². The molecule has 3 aromatic rings. The second-order valence-corrected chi connectivity index (χ2v) is 6.81.